The minimum absolute atomic E-state index is 0.585. The molecule has 13 heavy (non-hydrogen) atoms. The first-order valence-electron chi connectivity index (χ1n) is 3.99. The molecule has 0 unspecified atom stereocenters. The van der Waals surface area contributed by atoms with Gasteiger partial charge in [0.25, 0.3) is 0 Å². The van der Waals surface area contributed by atoms with Crippen LogP contribution in [0.3, 0.4) is 0 Å². The van der Waals surface area contributed by atoms with Crippen LogP contribution in [0.5, 0.6) is 11.5 Å². The van der Waals surface area contributed by atoms with Crippen LogP contribution in [0.1, 0.15) is 12.5 Å². The van der Waals surface area contributed by atoms with Gasteiger partial charge in [0.1, 0.15) is 0 Å². The van der Waals surface area contributed by atoms with E-state index in [0.29, 0.717) is 11.5 Å². The Bertz CT molecular complexity index is 336. The summed E-state index contributed by atoms with van der Waals surface area (Å²) in [5.74, 6) is 1.19. The molecule has 0 atom stereocenters. The number of hydrogen-bond acceptors (Lipinski definition) is 2. The summed E-state index contributed by atoms with van der Waals surface area (Å²) in [6.07, 6.45) is 0.939. The van der Waals surface area contributed by atoms with E-state index in [0.717, 1.165) is 12.0 Å². The number of halogens is 2. The number of aryl methyl sites for hydroxylation is 1. The average molecular weight is 219 g/mol. The first-order valence-corrected chi connectivity index (χ1v) is 4.75. The van der Waals surface area contributed by atoms with Gasteiger partial charge in [-0.05, 0) is 47.3 Å². The summed E-state index contributed by atoms with van der Waals surface area (Å²) in [6.45, 7) is 2.06. The van der Waals surface area contributed by atoms with Crippen LogP contribution in [0.15, 0.2) is 18.2 Å². The fourth-order valence-electron chi connectivity index (χ4n) is 1.21. The van der Waals surface area contributed by atoms with E-state index in [4.69, 9.17) is 32.7 Å². The molecule has 0 bridgehead atoms. The zero-order valence-electron chi connectivity index (χ0n) is 7.01. The van der Waals surface area contributed by atoms with Crippen molar-refractivity contribution >= 4 is 23.2 Å². The van der Waals surface area contributed by atoms with Crippen LogP contribution in [-0.2, 0) is 6.42 Å². The van der Waals surface area contributed by atoms with Crippen molar-refractivity contribution in [2.24, 2.45) is 0 Å². The maximum absolute atomic E-state index is 5.65. The molecule has 0 saturated carbocycles. The van der Waals surface area contributed by atoms with Crippen LogP contribution in [0.4, 0.5) is 0 Å². The maximum Gasteiger partial charge on any atom is 0.419 e. The highest BCUT2D eigenvalue weighted by atomic mass is 35.5. The Kier molecular flexibility index (Phi) is 2.05. The van der Waals surface area contributed by atoms with E-state index in [1.54, 1.807) is 6.07 Å². The highest BCUT2D eigenvalue weighted by molar-refractivity contribution is 6.46. The van der Waals surface area contributed by atoms with E-state index in [9.17, 15) is 0 Å². The van der Waals surface area contributed by atoms with E-state index < -0.39 is 4.71 Å². The predicted octanol–water partition coefficient (Wildman–Crippen LogP) is 3.11. The number of fused-ring (bicyclic) bond motifs is 1. The lowest BCUT2D eigenvalue weighted by molar-refractivity contribution is 0.0849. The van der Waals surface area contributed by atoms with Crippen LogP contribution >= 0.6 is 23.2 Å². The van der Waals surface area contributed by atoms with Crippen molar-refractivity contribution < 1.29 is 9.47 Å². The zero-order chi connectivity index (χ0) is 9.47. The maximum atomic E-state index is 5.65. The summed E-state index contributed by atoms with van der Waals surface area (Å²) < 4.78 is 8.69. The molecule has 70 valence electrons. The molecule has 0 N–H and O–H groups in total. The van der Waals surface area contributed by atoms with Crippen LogP contribution in [0, 0.1) is 0 Å². The number of rotatable bonds is 1. The van der Waals surface area contributed by atoms with Crippen molar-refractivity contribution in [1.29, 1.82) is 0 Å². The molecule has 1 aromatic carbocycles. The quantitative estimate of drug-likeness (QED) is 0.675. The van der Waals surface area contributed by atoms with E-state index in [1.165, 1.54) is 0 Å². The Labute approximate surface area is 86.4 Å². The summed E-state index contributed by atoms with van der Waals surface area (Å²) in [7, 11) is 0. The lowest BCUT2D eigenvalue weighted by Gasteiger charge is -2.09. The third-order valence-corrected chi connectivity index (χ3v) is 2.18. The molecule has 2 nitrogen and oxygen atoms in total. The van der Waals surface area contributed by atoms with E-state index in [2.05, 4.69) is 6.92 Å². The summed E-state index contributed by atoms with van der Waals surface area (Å²) in [4.78, 5) is 0. The fraction of sp³-hybridized carbons (Fsp3) is 0.333. The van der Waals surface area contributed by atoms with Gasteiger partial charge in [0.2, 0.25) is 0 Å². The summed E-state index contributed by atoms with van der Waals surface area (Å²) in [6, 6.07) is 5.64. The minimum atomic E-state index is -1.56. The predicted molar refractivity (Wildman–Crippen MR) is 51.5 cm³/mol. The van der Waals surface area contributed by atoms with E-state index in [1.807, 2.05) is 12.1 Å². The second-order valence-corrected chi connectivity index (χ2v) is 3.99. The highest BCUT2D eigenvalue weighted by Gasteiger charge is 2.37. The number of benzene rings is 1. The molecule has 1 aliphatic heterocycles. The monoisotopic (exact) mass is 218 g/mol. The van der Waals surface area contributed by atoms with Gasteiger partial charge in [0, 0.05) is 0 Å². The first-order chi connectivity index (χ1) is 6.11. The van der Waals surface area contributed by atoms with Gasteiger partial charge in [0.15, 0.2) is 11.5 Å². The van der Waals surface area contributed by atoms with Crippen LogP contribution in [0.2, 0.25) is 0 Å². The normalized spacial score (nSPS) is 17.5. The summed E-state index contributed by atoms with van der Waals surface area (Å²) in [5, 5.41) is 0. The van der Waals surface area contributed by atoms with Gasteiger partial charge >= 0.3 is 4.71 Å². The van der Waals surface area contributed by atoms with Crippen molar-refractivity contribution in [2.75, 3.05) is 0 Å². The van der Waals surface area contributed by atoms with Crippen LogP contribution < -0.4 is 9.47 Å². The van der Waals surface area contributed by atoms with Gasteiger partial charge in [-0.1, -0.05) is 13.0 Å². The third-order valence-electron chi connectivity index (χ3n) is 1.87. The average Bonchev–Trinajstić information content (AvgIpc) is 2.36. The molecular weight excluding hydrogens is 211 g/mol. The summed E-state index contributed by atoms with van der Waals surface area (Å²) in [5.41, 5.74) is 1.16. The lowest BCUT2D eigenvalue weighted by Crippen LogP contribution is -2.22. The highest BCUT2D eigenvalue weighted by Crippen LogP contribution is 2.43. The molecule has 0 radical (unpaired) electrons. The van der Waals surface area contributed by atoms with Crippen molar-refractivity contribution in [2.45, 2.75) is 18.1 Å². The molecule has 0 aliphatic carbocycles. The standard InChI is InChI=1S/C9H8Cl2O2/c1-2-6-3-4-7-8(5-6)13-9(10,11)12-7/h3-5H,2H2,1H3. The molecule has 4 heteroatoms. The molecule has 0 spiro atoms. The zero-order valence-corrected chi connectivity index (χ0v) is 8.52. The van der Waals surface area contributed by atoms with Crippen molar-refractivity contribution in [1.82, 2.24) is 0 Å². The number of alkyl halides is 2. The van der Waals surface area contributed by atoms with Crippen molar-refractivity contribution in [3.63, 3.8) is 0 Å². The molecule has 0 fully saturated rings. The number of ether oxygens (including phenoxy) is 2. The van der Waals surface area contributed by atoms with Gasteiger partial charge in [-0.25, -0.2) is 0 Å². The molecule has 1 aliphatic rings. The van der Waals surface area contributed by atoms with Gasteiger partial charge in [-0.3, -0.25) is 0 Å². The van der Waals surface area contributed by atoms with Crippen LogP contribution in [0.25, 0.3) is 0 Å². The first kappa shape index (κ1) is 8.97. The Hall–Kier alpha value is -0.600. The fourth-order valence-corrected chi connectivity index (χ4v) is 1.55. The third kappa shape index (κ3) is 1.69. The van der Waals surface area contributed by atoms with Gasteiger partial charge in [-0.2, -0.15) is 0 Å². The van der Waals surface area contributed by atoms with Gasteiger partial charge in [0.05, 0.1) is 0 Å². The second-order valence-electron chi connectivity index (χ2n) is 2.80. The Balaban J connectivity index is 2.36. The van der Waals surface area contributed by atoms with Crippen molar-refractivity contribution in [3.05, 3.63) is 23.8 Å². The molecule has 2 rings (SSSR count). The molecule has 0 amide bonds. The topological polar surface area (TPSA) is 18.5 Å². The molecule has 0 saturated heterocycles. The van der Waals surface area contributed by atoms with Crippen molar-refractivity contribution in [3.8, 4) is 11.5 Å². The largest absolute Gasteiger partial charge is 0.423 e. The SMILES string of the molecule is CCc1ccc2c(c1)OC(Cl)(Cl)O2. The molecular formula is C9H8Cl2O2. The Morgan fingerprint density at radius 2 is 1.92 bits per heavy atom. The molecule has 1 aromatic rings. The molecule has 1 heterocycles. The van der Waals surface area contributed by atoms with Gasteiger partial charge < -0.3 is 9.47 Å². The Morgan fingerprint density at radius 1 is 1.23 bits per heavy atom. The lowest BCUT2D eigenvalue weighted by atomic mass is 10.1. The smallest absolute Gasteiger partial charge is 0.419 e. The Morgan fingerprint density at radius 3 is 2.62 bits per heavy atom. The summed E-state index contributed by atoms with van der Waals surface area (Å²) >= 11 is 11.3. The molecule has 0 aromatic heterocycles. The van der Waals surface area contributed by atoms with E-state index >= 15 is 0 Å². The second kappa shape index (κ2) is 2.96. The minimum Gasteiger partial charge on any atom is -0.423 e. The van der Waals surface area contributed by atoms with Crippen LogP contribution in [-0.4, -0.2) is 4.71 Å². The number of hydrogen-bond donors (Lipinski definition) is 0. The van der Waals surface area contributed by atoms with E-state index in [-0.39, 0.29) is 0 Å². The van der Waals surface area contributed by atoms with Gasteiger partial charge in [-0.15, -0.1) is 0 Å².